The standard InChI is InChI=1S/C15H19N3O3/c1-20-13-4-2-3-11(9-16)15(13)17-10-14(19)18-12-5-7-21-8-6-12/h2-4,12,17H,5-8,10H2,1H3,(H,18,19). The molecule has 0 saturated carbocycles. The summed E-state index contributed by atoms with van der Waals surface area (Å²) in [6.45, 7) is 1.47. The van der Waals surface area contributed by atoms with Crippen molar-refractivity contribution in [3.8, 4) is 11.8 Å². The van der Waals surface area contributed by atoms with E-state index >= 15 is 0 Å². The monoisotopic (exact) mass is 289 g/mol. The lowest BCUT2D eigenvalue weighted by atomic mass is 10.1. The van der Waals surface area contributed by atoms with Crippen molar-refractivity contribution in [1.82, 2.24) is 5.32 Å². The maximum atomic E-state index is 11.9. The van der Waals surface area contributed by atoms with Gasteiger partial charge in [0.25, 0.3) is 0 Å². The third kappa shape index (κ3) is 4.10. The van der Waals surface area contributed by atoms with E-state index < -0.39 is 0 Å². The Morgan fingerprint density at radius 3 is 2.90 bits per heavy atom. The lowest BCUT2D eigenvalue weighted by molar-refractivity contribution is -0.120. The molecule has 1 fully saturated rings. The van der Waals surface area contributed by atoms with Crippen molar-refractivity contribution in [2.75, 3.05) is 32.2 Å². The fourth-order valence-corrected chi connectivity index (χ4v) is 2.27. The van der Waals surface area contributed by atoms with Gasteiger partial charge in [-0.05, 0) is 25.0 Å². The Kier molecular flexibility index (Phi) is 5.41. The lowest BCUT2D eigenvalue weighted by Gasteiger charge is -2.23. The van der Waals surface area contributed by atoms with E-state index in [0.717, 1.165) is 12.8 Å². The van der Waals surface area contributed by atoms with Crippen LogP contribution in [0.1, 0.15) is 18.4 Å². The summed E-state index contributed by atoms with van der Waals surface area (Å²) < 4.78 is 10.5. The van der Waals surface area contributed by atoms with E-state index in [9.17, 15) is 4.79 Å². The van der Waals surface area contributed by atoms with Gasteiger partial charge in [0, 0.05) is 19.3 Å². The summed E-state index contributed by atoms with van der Waals surface area (Å²) in [5.41, 5.74) is 0.998. The number of benzene rings is 1. The number of rotatable bonds is 5. The van der Waals surface area contributed by atoms with Crippen molar-refractivity contribution >= 4 is 11.6 Å². The highest BCUT2D eigenvalue weighted by molar-refractivity contribution is 5.82. The number of hydrogen-bond acceptors (Lipinski definition) is 5. The van der Waals surface area contributed by atoms with E-state index in [-0.39, 0.29) is 18.5 Å². The zero-order chi connectivity index (χ0) is 15.1. The van der Waals surface area contributed by atoms with Gasteiger partial charge in [-0.2, -0.15) is 5.26 Å². The topological polar surface area (TPSA) is 83.4 Å². The Morgan fingerprint density at radius 2 is 2.24 bits per heavy atom. The number of carbonyl (C=O) groups excluding carboxylic acids is 1. The molecule has 6 nitrogen and oxygen atoms in total. The van der Waals surface area contributed by atoms with Crippen LogP contribution in [-0.4, -0.2) is 38.8 Å². The zero-order valence-corrected chi connectivity index (χ0v) is 12.0. The van der Waals surface area contributed by atoms with Crippen LogP contribution in [0.3, 0.4) is 0 Å². The van der Waals surface area contributed by atoms with E-state index in [1.165, 1.54) is 7.11 Å². The van der Waals surface area contributed by atoms with Crippen molar-refractivity contribution in [3.63, 3.8) is 0 Å². The predicted molar refractivity (Wildman–Crippen MR) is 78.2 cm³/mol. The fraction of sp³-hybridized carbons (Fsp3) is 0.467. The van der Waals surface area contributed by atoms with Gasteiger partial charge in [0.05, 0.1) is 24.9 Å². The summed E-state index contributed by atoms with van der Waals surface area (Å²) in [6.07, 6.45) is 1.67. The van der Waals surface area contributed by atoms with Gasteiger partial charge in [-0.3, -0.25) is 4.79 Å². The van der Waals surface area contributed by atoms with E-state index in [2.05, 4.69) is 16.7 Å². The molecule has 6 heteroatoms. The number of methoxy groups -OCH3 is 1. The van der Waals surface area contributed by atoms with Crippen LogP contribution in [0.25, 0.3) is 0 Å². The fourth-order valence-electron chi connectivity index (χ4n) is 2.27. The lowest BCUT2D eigenvalue weighted by Crippen LogP contribution is -2.41. The number of carbonyl (C=O) groups is 1. The average molecular weight is 289 g/mol. The molecule has 112 valence electrons. The second-order valence-corrected chi connectivity index (χ2v) is 4.80. The molecule has 1 amide bonds. The number of amides is 1. The van der Waals surface area contributed by atoms with Gasteiger partial charge in [-0.25, -0.2) is 0 Å². The van der Waals surface area contributed by atoms with Gasteiger partial charge < -0.3 is 20.1 Å². The number of nitrogens with one attached hydrogen (secondary N) is 2. The number of anilines is 1. The molecule has 1 saturated heterocycles. The Hall–Kier alpha value is -2.26. The number of nitriles is 1. The Bertz CT molecular complexity index is 533. The van der Waals surface area contributed by atoms with Crippen LogP contribution < -0.4 is 15.4 Å². The van der Waals surface area contributed by atoms with Crippen molar-refractivity contribution in [3.05, 3.63) is 23.8 Å². The molecule has 1 aromatic rings. The first-order valence-electron chi connectivity index (χ1n) is 6.92. The highest BCUT2D eigenvalue weighted by Crippen LogP contribution is 2.27. The molecule has 0 spiro atoms. The summed E-state index contributed by atoms with van der Waals surface area (Å²) in [5, 5.41) is 15.0. The molecular weight excluding hydrogens is 270 g/mol. The third-order valence-electron chi connectivity index (χ3n) is 3.38. The molecule has 2 N–H and O–H groups in total. The first-order chi connectivity index (χ1) is 10.2. The summed E-state index contributed by atoms with van der Waals surface area (Å²) in [7, 11) is 1.53. The first kappa shape index (κ1) is 15.1. The van der Waals surface area contributed by atoms with Crippen LogP contribution in [0.15, 0.2) is 18.2 Å². The van der Waals surface area contributed by atoms with Crippen LogP contribution in [0.2, 0.25) is 0 Å². The molecule has 1 heterocycles. The summed E-state index contributed by atoms with van der Waals surface area (Å²) in [4.78, 5) is 11.9. The average Bonchev–Trinajstić information content (AvgIpc) is 2.53. The first-order valence-corrected chi connectivity index (χ1v) is 6.92. The van der Waals surface area contributed by atoms with Gasteiger partial charge in [-0.1, -0.05) is 6.07 Å². The smallest absolute Gasteiger partial charge is 0.239 e. The van der Waals surface area contributed by atoms with Crippen molar-refractivity contribution in [1.29, 1.82) is 5.26 Å². The molecule has 0 atom stereocenters. The van der Waals surface area contributed by atoms with Gasteiger partial charge in [0.15, 0.2) is 0 Å². The van der Waals surface area contributed by atoms with Crippen molar-refractivity contribution < 1.29 is 14.3 Å². The molecule has 0 bridgehead atoms. The van der Waals surface area contributed by atoms with Crippen LogP contribution in [0, 0.1) is 11.3 Å². The molecule has 0 radical (unpaired) electrons. The number of nitrogens with zero attached hydrogens (tertiary/aromatic N) is 1. The summed E-state index contributed by atoms with van der Waals surface area (Å²) >= 11 is 0. The van der Waals surface area contributed by atoms with E-state index in [0.29, 0.717) is 30.2 Å². The molecule has 0 unspecified atom stereocenters. The number of ether oxygens (including phenoxy) is 2. The zero-order valence-electron chi connectivity index (χ0n) is 12.0. The van der Waals surface area contributed by atoms with Crippen LogP contribution in [-0.2, 0) is 9.53 Å². The minimum absolute atomic E-state index is 0.100. The van der Waals surface area contributed by atoms with E-state index in [4.69, 9.17) is 14.7 Å². The SMILES string of the molecule is COc1cccc(C#N)c1NCC(=O)NC1CCOCC1. The highest BCUT2D eigenvalue weighted by atomic mass is 16.5. The summed E-state index contributed by atoms with van der Waals surface area (Å²) in [6, 6.07) is 7.42. The molecule has 1 aliphatic rings. The van der Waals surface area contributed by atoms with Crippen molar-refractivity contribution in [2.24, 2.45) is 0 Å². The largest absolute Gasteiger partial charge is 0.495 e. The summed E-state index contributed by atoms with van der Waals surface area (Å²) in [5.74, 6) is 0.449. The Morgan fingerprint density at radius 1 is 1.48 bits per heavy atom. The molecule has 2 rings (SSSR count). The third-order valence-corrected chi connectivity index (χ3v) is 3.38. The molecule has 0 aliphatic carbocycles. The minimum atomic E-state index is -0.100. The quantitative estimate of drug-likeness (QED) is 0.853. The van der Waals surface area contributed by atoms with Crippen LogP contribution in [0.4, 0.5) is 5.69 Å². The Balaban J connectivity index is 1.93. The van der Waals surface area contributed by atoms with Gasteiger partial charge in [0.1, 0.15) is 11.8 Å². The molecular formula is C15H19N3O3. The van der Waals surface area contributed by atoms with E-state index in [1.54, 1.807) is 18.2 Å². The van der Waals surface area contributed by atoms with Crippen molar-refractivity contribution in [2.45, 2.75) is 18.9 Å². The maximum Gasteiger partial charge on any atom is 0.239 e. The second kappa shape index (κ2) is 7.50. The number of para-hydroxylation sites is 1. The van der Waals surface area contributed by atoms with Crippen LogP contribution in [0.5, 0.6) is 5.75 Å². The minimum Gasteiger partial charge on any atom is -0.495 e. The predicted octanol–water partition coefficient (Wildman–Crippen LogP) is 1.27. The van der Waals surface area contributed by atoms with Gasteiger partial charge in [-0.15, -0.1) is 0 Å². The Labute approximate surface area is 124 Å². The van der Waals surface area contributed by atoms with Crippen LogP contribution >= 0.6 is 0 Å². The maximum absolute atomic E-state index is 11.9. The highest BCUT2D eigenvalue weighted by Gasteiger charge is 2.16. The molecule has 21 heavy (non-hydrogen) atoms. The second-order valence-electron chi connectivity index (χ2n) is 4.80. The van der Waals surface area contributed by atoms with Gasteiger partial charge in [0.2, 0.25) is 5.91 Å². The molecule has 1 aromatic carbocycles. The van der Waals surface area contributed by atoms with Gasteiger partial charge >= 0.3 is 0 Å². The molecule has 0 aromatic heterocycles. The number of hydrogen-bond donors (Lipinski definition) is 2. The molecule has 1 aliphatic heterocycles. The van der Waals surface area contributed by atoms with E-state index in [1.807, 2.05) is 0 Å². The normalized spacial score (nSPS) is 15.0.